The molecule has 1 aromatic carbocycles. The van der Waals surface area contributed by atoms with Crippen molar-refractivity contribution in [2.24, 2.45) is 11.0 Å². The van der Waals surface area contributed by atoms with Crippen LogP contribution in [0.1, 0.15) is 44.3 Å². The fourth-order valence-electron chi connectivity index (χ4n) is 2.34. The minimum absolute atomic E-state index is 0.475. The summed E-state index contributed by atoms with van der Waals surface area (Å²) in [4.78, 5) is 11.8. The number of hydrazone groups is 1. The third kappa shape index (κ3) is 3.89. The van der Waals surface area contributed by atoms with Crippen molar-refractivity contribution < 1.29 is 9.90 Å². The van der Waals surface area contributed by atoms with Gasteiger partial charge >= 0.3 is 0 Å². The summed E-state index contributed by atoms with van der Waals surface area (Å²) in [6.45, 7) is 2.19. The predicted molar refractivity (Wildman–Crippen MR) is 74.6 cm³/mol. The van der Waals surface area contributed by atoms with E-state index in [-0.39, 0.29) is 0 Å². The predicted octanol–water partition coefficient (Wildman–Crippen LogP) is 2.40. The van der Waals surface area contributed by atoms with Crippen LogP contribution < -0.4 is 5.43 Å². The maximum atomic E-state index is 11.8. The zero-order chi connectivity index (χ0) is 13.7. The molecule has 0 aliphatic heterocycles. The summed E-state index contributed by atoms with van der Waals surface area (Å²) in [7, 11) is 0. The molecule has 1 fully saturated rings. The SMILES string of the molecule is CC1CCC/C(=N\NC(=O)C(O)c2ccccc2)C1. The number of amides is 1. The molecule has 4 nitrogen and oxygen atoms in total. The maximum absolute atomic E-state index is 11.8. The van der Waals surface area contributed by atoms with Crippen LogP contribution in [-0.4, -0.2) is 16.7 Å². The van der Waals surface area contributed by atoms with Crippen molar-refractivity contribution in [2.45, 2.75) is 38.7 Å². The average molecular weight is 260 g/mol. The quantitative estimate of drug-likeness (QED) is 0.820. The summed E-state index contributed by atoms with van der Waals surface area (Å²) in [6.07, 6.45) is 3.05. The van der Waals surface area contributed by atoms with Crippen molar-refractivity contribution in [3.05, 3.63) is 35.9 Å². The van der Waals surface area contributed by atoms with E-state index in [0.717, 1.165) is 25.0 Å². The lowest BCUT2D eigenvalue weighted by atomic mass is 9.89. The first-order valence-corrected chi connectivity index (χ1v) is 6.75. The second-order valence-corrected chi connectivity index (χ2v) is 5.17. The second kappa shape index (κ2) is 6.48. The van der Waals surface area contributed by atoms with Crippen molar-refractivity contribution in [1.82, 2.24) is 5.43 Å². The molecule has 0 radical (unpaired) electrons. The van der Waals surface area contributed by atoms with Crippen LogP contribution in [-0.2, 0) is 4.79 Å². The first kappa shape index (κ1) is 13.7. The van der Waals surface area contributed by atoms with Gasteiger partial charge in [0.1, 0.15) is 0 Å². The fourth-order valence-corrected chi connectivity index (χ4v) is 2.34. The van der Waals surface area contributed by atoms with Crippen molar-refractivity contribution in [2.75, 3.05) is 0 Å². The fraction of sp³-hybridized carbons (Fsp3) is 0.467. The van der Waals surface area contributed by atoms with Gasteiger partial charge in [0, 0.05) is 5.71 Å². The van der Waals surface area contributed by atoms with E-state index >= 15 is 0 Å². The molecule has 1 aliphatic rings. The highest BCUT2D eigenvalue weighted by Gasteiger charge is 2.18. The summed E-state index contributed by atoms with van der Waals surface area (Å²) in [5, 5.41) is 14.0. The molecule has 1 aromatic rings. The molecule has 0 heterocycles. The van der Waals surface area contributed by atoms with Gasteiger partial charge in [0.25, 0.3) is 5.91 Å². The summed E-state index contributed by atoms with van der Waals surface area (Å²) < 4.78 is 0. The van der Waals surface area contributed by atoms with Gasteiger partial charge in [-0.05, 0) is 37.2 Å². The van der Waals surface area contributed by atoms with Gasteiger partial charge in [0.15, 0.2) is 6.10 Å². The number of rotatable bonds is 3. The van der Waals surface area contributed by atoms with E-state index in [2.05, 4.69) is 17.5 Å². The summed E-state index contributed by atoms with van der Waals surface area (Å²) >= 11 is 0. The van der Waals surface area contributed by atoms with Gasteiger partial charge in [0.2, 0.25) is 0 Å². The first-order chi connectivity index (χ1) is 9.16. The highest BCUT2D eigenvalue weighted by Crippen LogP contribution is 2.21. The molecular weight excluding hydrogens is 240 g/mol. The summed E-state index contributed by atoms with van der Waals surface area (Å²) in [6, 6.07) is 8.87. The second-order valence-electron chi connectivity index (χ2n) is 5.17. The van der Waals surface area contributed by atoms with E-state index in [4.69, 9.17) is 0 Å². The van der Waals surface area contributed by atoms with Crippen LogP contribution in [0.2, 0.25) is 0 Å². The van der Waals surface area contributed by atoms with Crippen LogP contribution >= 0.6 is 0 Å². The third-order valence-electron chi connectivity index (χ3n) is 3.43. The molecule has 0 saturated heterocycles. The molecule has 102 valence electrons. The summed E-state index contributed by atoms with van der Waals surface area (Å²) in [5.74, 6) is 0.153. The van der Waals surface area contributed by atoms with Crippen molar-refractivity contribution in [1.29, 1.82) is 0 Å². The van der Waals surface area contributed by atoms with Crippen molar-refractivity contribution in [3.63, 3.8) is 0 Å². The maximum Gasteiger partial charge on any atom is 0.273 e. The molecule has 2 N–H and O–H groups in total. The van der Waals surface area contributed by atoms with Crippen molar-refractivity contribution in [3.8, 4) is 0 Å². The van der Waals surface area contributed by atoms with Gasteiger partial charge in [0.05, 0.1) is 0 Å². The average Bonchev–Trinajstić information content (AvgIpc) is 2.45. The van der Waals surface area contributed by atoms with E-state index in [1.54, 1.807) is 24.3 Å². The van der Waals surface area contributed by atoms with Crippen LogP contribution in [0, 0.1) is 5.92 Å². The molecule has 2 rings (SSSR count). The number of carbonyl (C=O) groups excluding carboxylic acids is 1. The number of nitrogens with one attached hydrogen (secondary N) is 1. The van der Waals surface area contributed by atoms with E-state index < -0.39 is 12.0 Å². The van der Waals surface area contributed by atoms with Crippen LogP contribution in [0.25, 0.3) is 0 Å². The number of nitrogens with zero attached hydrogens (tertiary/aromatic N) is 1. The van der Waals surface area contributed by atoms with Crippen LogP contribution in [0.4, 0.5) is 0 Å². The standard InChI is InChI=1S/C15H20N2O2/c1-11-6-5-9-13(10-11)16-17-15(19)14(18)12-7-3-2-4-8-12/h2-4,7-8,11,14,18H,5-6,9-10H2,1H3,(H,17,19)/b16-13+. The number of hydrogen-bond donors (Lipinski definition) is 2. The molecule has 1 saturated carbocycles. The van der Waals surface area contributed by atoms with E-state index in [0.29, 0.717) is 11.5 Å². The molecule has 1 amide bonds. The zero-order valence-electron chi connectivity index (χ0n) is 11.2. The Balaban J connectivity index is 1.92. The molecule has 2 unspecified atom stereocenters. The van der Waals surface area contributed by atoms with Gasteiger partial charge in [-0.1, -0.05) is 37.3 Å². The van der Waals surface area contributed by atoms with Crippen LogP contribution in [0.15, 0.2) is 35.4 Å². The minimum Gasteiger partial charge on any atom is -0.378 e. The third-order valence-corrected chi connectivity index (χ3v) is 3.43. The molecule has 19 heavy (non-hydrogen) atoms. The Morgan fingerprint density at radius 1 is 1.42 bits per heavy atom. The topological polar surface area (TPSA) is 61.7 Å². The largest absolute Gasteiger partial charge is 0.378 e. The molecule has 1 aliphatic carbocycles. The monoisotopic (exact) mass is 260 g/mol. The smallest absolute Gasteiger partial charge is 0.273 e. The highest BCUT2D eigenvalue weighted by molar-refractivity contribution is 5.88. The molecular formula is C15H20N2O2. The minimum atomic E-state index is -1.16. The molecule has 4 heteroatoms. The Morgan fingerprint density at radius 3 is 2.84 bits per heavy atom. The van der Waals surface area contributed by atoms with Gasteiger partial charge in [-0.15, -0.1) is 0 Å². The molecule has 0 spiro atoms. The van der Waals surface area contributed by atoms with Gasteiger partial charge in [-0.3, -0.25) is 4.79 Å². The Hall–Kier alpha value is -1.68. The lowest BCUT2D eigenvalue weighted by Crippen LogP contribution is -2.27. The Kier molecular flexibility index (Phi) is 4.68. The Bertz CT molecular complexity index is 456. The number of carbonyl (C=O) groups is 1. The van der Waals surface area contributed by atoms with Gasteiger partial charge < -0.3 is 5.11 Å². The number of aliphatic hydroxyl groups is 1. The van der Waals surface area contributed by atoms with Crippen molar-refractivity contribution >= 4 is 11.6 Å². The van der Waals surface area contributed by atoms with Crippen LogP contribution in [0.3, 0.4) is 0 Å². The van der Waals surface area contributed by atoms with E-state index in [1.807, 2.05) is 6.07 Å². The zero-order valence-corrected chi connectivity index (χ0v) is 11.2. The normalized spacial score (nSPS) is 23.1. The lowest BCUT2D eigenvalue weighted by Gasteiger charge is -2.19. The Labute approximate surface area is 113 Å². The van der Waals surface area contributed by atoms with Gasteiger partial charge in [-0.2, -0.15) is 5.10 Å². The lowest BCUT2D eigenvalue weighted by molar-refractivity contribution is -0.129. The summed E-state index contributed by atoms with van der Waals surface area (Å²) in [5.41, 5.74) is 4.07. The molecule has 0 bridgehead atoms. The van der Waals surface area contributed by atoms with Gasteiger partial charge in [-0.25, -0.2) is 5.43 Å². The number of benzene rings is 1. The van der Waals surface area contributed by atoms with E-state index in [1.165, 1.54) is 6.42 Å². The first-order valence-electron chi connectivity index (χ1n) is 6.75. The van der Waals surface area contributed by atoms with Crippen LogP contribution in [0.5, 0.6) is 0 Å². The number of aliphatic hydroxyl groups excluding tert-OH is 1. The molecule has 0 aromatic heterocycles. The number of hydrogen-bond acceptors (Lipinski definition) is 3. The van der Waals surface area contributed by atoms with E-state index in [9.17, 15) is 9.90 Å². The Morgan fingerprint density at radius 2 is 2.16 bits per heavy atom. The highest BCUT2D eigenvalue weighted by atomic mass is 16.3. The molecule has 2 atom stereocenters.